The molecule has 0 saturated carbocycles. The van der Waals surface area contributed by atoms with Gasteiger partial charge in [-0.1, -0.05) is 0 Å². The molecule has 144 valence electrons. The molecule has 3 N–H and O–H groups in total. The van der Waals surface area contributed by atoms with Gasteiger partial charge < -0.3 is 4.90 Å². The Balaban J connectivity index is 1.50. The van der Waals surface area contributed by atoms with Crippen LogP contribution in [-0.4, -0.2) is 72.2 Å². The van der Waals surface area contributed by atoms with Crippen molar-refractivity contribution in [2.24, 2.45) is 0 Å². The standard InChI is InChI=1S/C13H19N5O7S/c14-5-8-1-2-9(15-8)7-24-16-12(19)11-4-3-10-6-17(11)13(20)18(10)25-26(21,22)23/h8-11,15H,1-4,6-7H2,(H,16,19)(H,21,22,23)/t8-,9?,10?,11?/m1/s1. The van der Waals surface area contributed by atoms with E-state index in [2.05, 4.69) is 21.1 Å². The number of rotatable bonds is 6. The minimum Gasteiger partial charge on any atom is -0.309 e. The molecule has 3 unspecified atom stereocenters. The SMILES string of the molecule is N#C[C@H]1CCC(CONC(=O)C2CCC3CN2C(=O)N3OS(=O)(=O)O)N1. The van der Waals surface area contributed by atoms with Crippen molar-refractivity contribution in [2.75, 3.05) is 13.2 Å². The summed E-state index contributed by atoms with van der Waals surface area (Å²) in [7, 11) is -4.82. The largest absolute Gasteiger partial charge is 0.418 e. The second kappa shape index (κ2) is 7.33. The number of hydrogen-bond donors (Lipinski definition) is 3. The van der Waals surface area contributed by atoms with Crippen LogP contribution in [0.25, 0.3) is 0 Å². The zero-order valence-corrected chi connectivity index (χ0v) is 14.5. The molecule has 26 heavy (non-hydrogen) atoms. The van der Waals surface area contributed by atoms with Crippen molar-refractivity contribution in [3.63, 3.8) is 0 Å². The number of fused-ring (bicyclic) bond motifs is 2. The van der Waals surface area contributed by atoms with Crippen LogP contribution in [0.4, 0.5) is 4.79 Å². The van der Waals surface area contributed by atoms with E-state index >= 15 is 0 Å². The maximum Gasteiger partial charge on any atom is 0.418 e. The lowest BCUT2D eigenvalue weighted by molar-refractivity contribution is -0.139. The lowest BCUT2D eigenvalue weighted by Gasteiger charge is -2.29. The number of amides is 3. The molecule has 3 aliphatic heterocycles. The second-order valence-corrected chi connectivity index (χ2v) is 7.41. The summed E-state index contributed by atoms with van der Waals surface area (Å²) in [5.74, 6) is -0.527. The van der Waals surface area contributed by atoms with Crippen molar-refractivity contribution in [3.05, 3.63) is 0 Å². The van der Waals surface area contributed by atoms with Crippen LogP contribution >= 0.6 is 0 Å². The van der Waals surface area contributed by atoms with Crippen LogP contribution in [0, 0.1) is 11.3 Å². The van der Waals surface area contributed by atoms with Gasteiger partial charge in [-0.15, -0.1) is 4.28 Å². The minimum atomic E-state index is -4.82. The summed E-state index contributed by atoms with van der Waals surface area (Å²) in [6.07, 6.45) is 2.11. The molecule has 0 aliphatic carbocycles. The average molecular weight is 389 g/mol. The van der Waals surface area contributed by atoms with E-state index in [0.29, 0.717) is 24.3 Å². The molecule has 13 heteroatoms. The maximum absolute atomic E-state index is 12.3. The highest BCUT2D eigenvalue weighted by Gasteiger charge is 2.49. The smallest absolute Gasteiger partial charge is 0.309 e. The first-order chi connectivity index (χ1) is 12.3. The summed E-state index contributed by atoms with van der Waals surface area (Å²) in [6.45, 7) is 0.297. The van der Waals surface area contributed by atoms with Crippen molar-refractivity contribution in [3.8, 4) is 6.07 Å². The van der Waals surface area contributed by atoms with E-state index in [9.17, 15) is 18.0 Å². The van der Waals surface area contributed by atoms with Crippen LogP contribution in [0.1, 0.15) is 25.7 Å². The van der Waals surface area contributed by atoms with Crippen molar-refractivity contribution in [1.82, 2.24) is 20.8 Å². The molecule has 0 aromatic carbocycles. The fourth-order valence-electron chi connectivity index (χ4n) is 3.44. The van der Waals surface area contributed by atoms with Gasteiger partial charge in [-0.25, -0.2) is 10.3 Å². The predicted octanol–water partition coefficient (Wildman–Crippen LogP) is -1.32. The van der Waals surface area contributed by atoms with E-state index in [4.69, 9.17) is 14.7 Å². The lowest BCUT2D eigenvalue weighted by Crippen LogP contribution is -2.50. The van der Waals surface area contributed by atoms with Gasteiger partial charge in [0, 0.05) is 12.6 Å². The summed E-state index contributed by atoms with van der Waals surface area (Å²) >= 11 is 0. The molecule has 3 rings (SSSR count). The Morgan fingerprint density at radius 2 is 2.15 bits per heavy atom. The molecule has 12 nitrogen and oxygen atoms in total. The molecular formula is C13H19N5O7S. The van der Waals surface area contributed by atoms with Gasteiger partial charge in [-0.05, 0) is 25.7 Å². The van der Waals surface area contributed by atoms with Crippen LogP contribution < -0.4 is 10.8 Å². The zero-order chi connectivity index (χ0) is 18.9. The van der Waals surface area contributed by atoms with Crippen molar-refractivity contribution in [2.45, 2.75) is 49.9 Å². The highest BCUT2D eigenvalue weighted by molar-refractivity contribution is 7.80. The number of urea groups is 1. The highest BCUT2D eigenvalue weighted by atomic mass is 32.3. The summed E-state index contributed by atoms with van der Waals surface area (Å²) < 4.78 is 34.7. The molecule has 3 aliphatic rings. The van der Waals surface area contributed by atoms with Crippen LogP contribution in [0.2, 0.25) is 0 Å². The Labute approximate surface area is 149 Å². The number of piperidine rings is 1. The number of nitrogens with one attached hydrogen (secondary N) is 2. The molecule has 3 fully saturated rings. The fraction of sp³-hybridized carbons (Fsp3) is 0.769. The summed E-state index contributed by atoms with van der Waals surface area (Å²) in [5, 5.41) is 12.4. The van der Waals surface area contributed by atoms with Gasteiger partial charge in [-0.2, -0.15) is 18.7 Å². The number of carbonyl (C=O) groups excluding carboxylic acids is 2. The summed E-state index contributed by atoms with van der Waals surface area (Å²) in [6, 6.07) is -0.327. The van der Waals surface area contributed by atoms with Crippen LogP contribution in [0.3, 0.4) is 0 Å². The number of carbonyl (C=O) groups is 2. The molecule has 3 heterocycles. The number of nitriles is 1. The van der Waals surface area contributed by atoms with Gasteiger partial charge in [0.1, 0.15) is 6.04 Å². The predicted molar refractivity (Wildman–Crippen MR) is 83.0 cm³/mol. The maximum atomic E-state index is 12.3. The van der Waals surface area contributed by atoms with Gasteiger partial charge >= 0.3 is 16.4 Å². The third kappa shape index (κ3) is 4.05. The van der Waals surface area contributed by atoms with Crippen molar-refractivity contribution < 1.29 is 31.7 Å². The van der Waals surface area contributed by atoms with Gasteiger partial charge in [-0.3, -0.25) is 19.5 Å². The number of hydroxylamine groups is 3. The normalized spacial score (nSPS) is 31.2. The molecule has 0 radical (unpaired) electrons. The molecule has 2 bridgehead atoms. The first-order valence-electron chi connectivity index (χ1n) is 8.12. The molecule has 0 aromatic rings. The number of hydrogen-bond acceptors (Lipinski definition) is 8. The topological polar surface area (TPSA) is 161 Å². The van der Waals surface area contributed by atoms with E-state index in [1.165, 1.54) is 4.90 Å². The van der Waals surface area contributed by atoms with Crippen LogP contribution in [0.5, 0.6) is 0 Å². The molecule has 3 saturated heterocycles. The fourth-order valence-corrected chi connectivity index (χ4v) is 3.83. The van der Waals surface area contributed by atoms with Gasteiger partial charge in [0.05, 0.1) is 24.8 Å². The van der Waals surface area contributed by atoms with E-state index in [-0.39, 0.29) is 25.2 Å². The minimum absolute atomic E-state index is 0.0391. The molecule has 0 spiro atoms. The Morgan fingerprint density at radius 3 is 2.81 bits per heavy atom. The summed E-state index contributed by atoms with van der Waals surface area (Å²) in [4.78, 5) is 30.9. The Morgan fingerprint density at radius 1 is 1.38 bits per heavy atom. The van der Waals surface area contributed by atoms with Gasteiger partial charge in [0.2, 0.25) is 0 Å². The molecule has 3 amide bonds. The van der Waals surface area contributed by atoms with E-state index < -0.39 is 34.4 Å². The lowest BCUT2D eigenvalue weighted by atomic mass is 10.0. The van der Waals surface area contributed by atoms with Crippen molar-refractivity contribution >= 4 is 22.3 Å². The van der Waals surface area contributed by atoms with Crippen LogP contribution in [-0.2, 0) is 24.3 Å². The first kappa shape index (κ1) is 18.8. The third-order valence-corrected chi connectivity index (χ3v) is 5.00. The summed E-state index contributed by atoms with van der Waals surface area (Å²) in [5.41, 5.74) is 2.30. The number of nitrogens with zero attached hydrogens (tertiary/aromatic N) is 3. The van der Waals surface area contributed by atoms with Crippen LogP contribution in [0.15, 0.2) is 0 Å². The Bertz CT molecular complexity index is 723. The average Bonchev–Trinajstić information content (AvgIpc) is 3.13. The Hall–Kier alpha value is -1.98. The zero-order valence-electron chi connectivity index (χ0n) is 13.7. The second-order valence-electron chi connectivity index (χ2n) is 6.41. The van der Waals surface area contributed by atoms with E-state index in [0.717, 1.165) is 6.42 Å². The third-order valence-electron chi connectivity index (χ3n) is 4.65. The molecule has 4 atom stereocenters. The van der Waals surface area contributed by atoms with Crippen molar-refractivity contribution in [1.29, 1.82) is 5.26 Å². The molecular weight excluding hydrogens is 370 g/mol. The van der Waals surface area contributed by atoms with Gasteiger partial charge in [0.15, 0.2) is 0 Å². The van der Waals surface area contributed by atoms with E-state index in [1.807, 2.05) is 0 Å². The Kier molecular flexibility index (Phi) is 5.30. The quantitative estimate of drug-likeness (QED) is 0.369. The monoisotopic (exact) mass is 389 g/mol. The molecule has 0 aromatic heterocycles. The highest BCUT2D eigenvalue weighted by Crippen LogP contribution is 2.30. The van der Waals surface area contributed by atoms with E-state index in [1.54, 1.807) is 0 Å². The van der Waals surface area contributed by atoms with Gasteiger partial charge in [0.25, 0.3) is 5.91 Å². The first-order valence-corrected chi connectivity index (χ1v) is 9.49.